The Kier molecular flexibility index (Phi) is 4.17. The Hall–Kier alpha value is -1.000. The number of rotatable bonds is 2. The average molecular weight is 289 g/mol. The summed E-state index contributed by atoms with van der Waals surface area (Å²) in [7, 11) is 0. The molecule has 2 aromatic rings. The van der Waals surface area contributed by atoms with E-state index in [2.05, 4.69) is 21.0 Å². The first kappa shape index (κ1) is 12.1. The van der Waals surface area contributed by atoms with Crippen molar-refractivity contribution in [3.63, 3.8) is 0 Å². The summed E-state index contributed by atoms with van der Waals surface area (Å²) in [6.07, 6.45) is 1.70. The van der Waals surface area contributed by atoms with Gasteiger partial charge in [0.05, 0.1) is 12.7 Å². The maximum absolute atomic E-state index is 5.72. The molecule has 0 aliphatic rings. The predicted octanol–water partition coefficient (Wildman–Crippen LogP) is 2.70. The van der Waals surface area contributed by atoms with Gasteiger partial charge in [-0.15, -0.1) is 12.4 Å². The van der Waals surface area contributed by atoms with Gasteiger partial charge < -0.3 is 5.73 Å². The number of hydrogen-bond donors (Lipinski definition) is 1. The lowest BCUT2D eigenvalue weighted by molar-refractivity contribution is 0.695. The van der Waals surface area contributed by atoms with Crippen LogP contribution in [0.4, 0.5) is 5.82 Å². The molecule has 0 unspecified atom stereocenters. The van der Waals surface area contributed by atoms with E-state index in [4.69, 9.17) is 5.73 Å². The van der Waals surface area contributed by atoms with Crippen LogP contribution in [0.5, 0.6) is 0 Å². The minimum Gasteiger partial charge on any atom is -0.384 e. The molecule has 15 heavy (non-hydrogen) atoms. The molecule has 0 spiro atoms. The molecule has 0 aliphatic heterocycles. The molecule has 0 atom stereocenters. The van der Waals surface area contributed by atoms with Crippen LogP contribution in [0.25, 0.3) is 0 Å². The van der Waals surface area contributed by atoms with Gasteiger partial charge in [-0.05, 0) is 17.7 Å². The number of nitrogens with two attached hydrogens (primary N) is 1. The van der Waals surface area contributed by atoms with Gasteiger partial charge in [-0.25, -0.2) is 4.68 Å². The zero-order valence-electron chi connectivity index (χ0n) is 7.93. The highest BCUT2D eigenvalue weighted by molar-refractivity contribution is 9.10. The van der Waals surface area contributed by atoms with Crippen molar-refractivity contribution < 1.29 is 0 Å². The first-order chi connectivity index (χ1) is 6.77. The van der Waals surface area contributed by atoms with Crippen LogP contribution in [-0.4, -0.2) is 9.78 Å². The number of nitrogens with zero attached hydrogens (tertiary/aromatic N) is 2. The number of anilines is 1. The third kappa shape index (κ3) is 2.73. The second-order valence-electron chi connectivity index (χ2n) is 3.01. The summed E-state index contributed by atoms with van der Waals surface area (Å²) >= 11 is 3.48. The maximum Gasteiger partial charge on any atom is 0.122 e. The Morgan fingerprint density at radius 2 is 2.00 bits per heavy atom. The van der Waals surface area contributed by atoms with Crippen molar-refractivity contribution in [1.82, 2.24) is 9.78 Å². The summed E-state index contributed by atoms with van der Waals surface area (Å²) in [6, 6.07) is 9.83. The van der Waals surface area contributed by atoms with Crippen LogP contribution in [-0.2, 0) is 6.54 Å². The Labute approximate surface area is 103 Å². The van der Waals surface area contributed by atoms with Crippen LogP contribution >= 0.6 is 28.3 Å². The SMILES string of the molecule is Cl.Nc1ccnn1Cc1ccccc1Br. The van der Waals surface area contributed by atoms with E-state index in [-0.39, 0.29) is 12.4 Å². The summed E-state index contributed by atoms with van der Waals surface area (Å²) in [6.45, 7) is 0.695. The molecular weight excluding hydrogens is 277 g/mol. The van der Waals surface area contributed by atoms with E-state index in [1.165, 1.54) is 5.56 Å². The third-order valence-corrected chi connectivity index (χ3v) is 2.80. The molecule has 1 aromatic carbocycles. The van der Waals surface area contributed by atoms with Gasteiger partial charge in [0.25, 0.3) is 0 Å². The maximum atomic E-state index is 5.72. The van der Waals surface area contributed by atoms with Gasteiger partial charge in [-0.1, -0.05) is 34.1 Å². The van der Waals surface area contributed by atoms with Crippen LogP contribution in [0.3, 0.4) is 0 Å². The fourth-order valence-electron chi connectivity index (χ4n) is 1.26. The number of benzene rings is 1. The molecule has 0 radical (unpaired) electrons. The summed E-state index contributed by atoms with van der Waals surface area (Å²) in [4.78, 5) is 0. The van der Waals surface area contributed by atoms with Gasteiger partial charge in [-0.2, -0.15) is 5.10 Å². The van der Waals surface area contributed by atoms with Crippen LogP contribution in [0, 0.1) is 0 Å². The Balaban J connectivity index is 0.00000112. The van der Waals surface area contributed by atoms with Gasteiger partial charge in [0, 0.05) is 4.47 Å². The fourth-order valence-corrected chi connectivity index (χ4v) is 1.67. The highest BCUT2D eigenvalue weighted by atomic mass is 79.9. The van der Waals surface area contributed by atoms with Gasteiger partial charge in [0.2, 0.25) is 0 Å². The van der Waals surface area contributed by atoms with Gasteiger partial charge in [0.15, 0.2) is 0 Å². The summed E-state index contributed by atoms with van der Waals surface area (Å²) < 4.78 is 2.84. The molecular formula is C10H11BrClN3. The molecule has 0 saturated heterocycles. The van der Waals surface area contributed by atoms with E-state index in [1.807, 2.05) is 24.3 Å². The molecule has 1 aromatic heterocycles. The molecule has 0 amide bonds. The minimum absolute atomic E-state index is 0. The molecule has 5 heteroatoms. The lowest BCUT2D eigenvalue weighted by Crippen LogP contribution is -2.05. The number of halogens is 2. The first-order valence-corrected chi connectivity index (χ1v) is 5.07. The van der Waals surface area contributed by atoms with E-state index in [0.29, 0.717) is 12.4 Å². The first-order valence-electron chi connectivity index (χ1n) is 4.28. The topological polar surface area (TPSA) is 43.8 Å². The van der Waals surface area contributed by atoms with E-state index in [1.54, 1.807) is 16.9 Å². The minimum atomic E-state index is 0. The highest BCUT2D eigenvalue weighted by Gasteiger charge is 2.02. The smallest absolute Gasteiger partial charge is 0.122 e. The zero-order valence-corrected chi connectivity index (χ0v) is 10.3. The average Bonchev–Trinajstić information content (AvgIpc) is 2.56. The molecule has 0 bridgehead atoms. The molecule has 0 fully saturated rings. The van der Waals surface area contributed by atoms with E-state index >= 15 is 0 Å². The van der Waals surface area contributed by atoms with Crippen LogP contribution in [0.2, 0.25) is 0 Å². The van der Waals surface area contributed by atoms with Gasteiger partial charge >= 0.3 is 0 Å². The van der Waals surface area contributed by atoms with E-state index < -0.39 is 0 Å². The van der Waals surface area contributed by atoms with Crippen LogP contribution in [0.1, 0.15) is 5.56 Å². The number of nitrogen functional groups attached to an aromatic ring is 1. The Morgan fingerprint density at radius 3 is 2.60 bits per heavy atom. The monoisotopic (exact) mass is 287 g/mol. The normalized spacial score (nSPS) is 9.67. The van der Waals surface area contributed by atoms with Crippen molar-refractivity contribution in [3.05, 3.63) is 46.6 Å². The summed E-state index contributed by atoms with van der Waals surface area (Å²) in [5.41, 5.74) is 6.89. The van der Waals surface area contributed by atoms with Crippen LogP contribution in [0.15, 0.2) is 41.0 Å². The van der Waals surface area contributed by atoms with Gasteiger partial charge in [-0.3, -0.25) is 0 Å². The van der Waals surface area contributed by atoms with E-state index in [0.717, 1.165) is 4.47 Å². The lowest BCUT2D eigenvalue weighted by Gasteiger charge is -2.05. The fraction of sp³-hybridized carbons (Fsp3) is 0.100. The van der Waals surface area contributed by atoms with Crippen molar-refractivity contribution in [3.8, 4) is 0 Å². The summed E-state index contributed by atoms with van der Waals surface area (Å²) in [5, 5.41) is 4.12. The predicted molar refractivity (Wildman–Crippen MR) is 67.1 cm³/mol. The number of aromatic nitrogens is 2. The highest BCUT2D eigenvalue weighted by Crippen LogP contribution is 2.17. The van der Waals surface area contributed by atoms with Crippen molar-refractivity contribution >= 4 is 34.2 Å². The molecule has 80 valence electrons. The van der Waals surface area contributed by atoms with E-state index in [9.17, 15) is 0 Å². The molecule has 2 rings (SSSR count). The third-order valence-electron chi connectivity index (χ3n) is 2.03. The quantitative estimate of drug-likeness (QED) is 0.923. The van der Waals surface area contributed by atoms with Crippen molar-refractivity contribution in [2.45, 2.75) is 6.54 Å². The second kappa shape index (κ2) is 5.19. The largest absolute Gasteiger partial charge is 0.384 e. The molecule has 0 saturated carbocycles. The van der Waals surface area contributed by atoms with Crippen LogP contribution < -0.4 is 5.73 Å². The standard InChI is InChI=1S/C10H10BrN3.ClH/c11-9-4-2-1-3-8(9)7-14-10(12)5-6-13-14;/h1-6H,7,12H2;1H. The second-order valence-corrected chi connectivity index (χ2v) is 3.86. The zero-order chi connectivity index (χ0) is 9.97. The molecule has 3 nitrogen and oxygen atoms in total. The van der Waals surface area contributed by atoms with Gasteiger partial charge in [0.1, 0.15) is 5.82 Å². The Bertz CT molecular complexity index is 442. The molecule has 1 heterocycles. The Morgan fingerprint density at radius 1 is 1.27 bits per heavy atom. The van der Waals surface area contributed by atoms with Crippen molar-refractivity contribution in [2.75, 3.05) is 5.73 Å². The lowest BCUT2D eigenvalue weighted by atomic mass is 10.2. The number of hydrogen-bond acceptors (Lipinski definition) is 2. The van der Waals surface area contributed by atoms with Crippen molar-refractivity contribution in [1.29, 1.82) is 0 Å². The molecule has 0 aliphatic carbocycles. The molecule has 2 N–H and O–H groups in total. The summed E-state index contributed by atoms with van der Waals surface area (Å²) in [5.74, 6) is 0.681. The van der Waals surface area contributed by atoms with Crippen molar-refractivity contribution in [2.24, 2.45) is 0 Å².